The number of piperidine rings is 1. The lowest BCUT2D eigenvalue weighted by Gasteiger charge is -2.29. The van der Waals surface area contributed by atoms with Gasteiger partial charge >= 0.3 is 6.09 Å². The molecule has 0 bridgehead atoms. The van der Waals surface area contributed by atoms with Gasteiger partial charge in [0.15, 0.2) is 0 Å². The molecule has 1 aliphatic rings. The molecule has 0 spiro atoms. The monoisotopic (exact) mass is 360 g/mol. The molecule has 1 amide bonds. The smallest absolute Gasteiger partial charge is 0.410 e. The van der Waals surface area contributed by atoms with E-state index in [-0.39, 0.29) is 6.09 Å². The van der Waals surface area contributed by atoms with E-state index in [4.69, 9.17) is 16.3 Å². The number of hydrogen-bond donors (Lipinski definition) is 0. The SMILES string of the molecule is C=CCN(C)CCC#CC1CCN(C(=O)Oc2ccc(Cl)cc2)CC1. The first-order chi connectivity index (χ1) is 12.1. The maximum atomic E-state index is 12.2. The fraction of sp³-hybridized carbons (Fsp3) is 0.450. The average Bonchev–Trinajstić information content (AvgIpc) is 2.61. The Bertz CT molecular complexity index is 625. The van der Waals surface area contributed by atoms with Gasteiger partial charge in [-0.3, -0.25) is 0 Å². The van der Waals surface area contributed by atoms with E-state index in [1.807, 2.05) is 6.08 Å². The second kappa shape index (κ2) is 10.1. The Morgan fingerprint density at radius 2 is 2.08 bits per heavy atom. The van der Waals surface area contributed by atoms with Crippen LogP contribution in [0.3, 0.4) is 0 Å². The molecule has 0 unspecified atom stereocenters. The third-order valence-corrected chi connectivity index (χ3v) is 4.39. The largest absolute Gasteiger partial charge is 0.415 e. The van der Waals surface area contributed by atoms with Gasteiger partial charge in [0.25, 0.3) is 0 Å². The van der Waals surface area contributed by atoms with Gasteiger partial charge in [0, 0.05) is 43.5 Å². The molecule has 1 aliphatic heterocycles. The van der Waals surface area contributed by atoms with E-state index in [2.05, 4.69) is 30.4 Å². The van der Waals surface area contributed by atoms with Crippen molar-refractivity contribution < 1.29 is 9.53 Å². The van der Waals surface area contributed by atoms with Crippen molar-refractivity contribution >= 4 is 17.7 Å². The Hall–Kier alpha value is -1.96. The Morgan fingerprint density at radius 1 is 1.40 bits per heavy atom. The molecule has 1 aromatic rings. The lowest BCUT2D eigenvalue weighted by atomic mass is 9.97. The minimum atomic E-state index is -0.306. The van der Waals surface area contributed by atoms with Crippen LogP contribution in [0.5, 0.6) is 5.75 Å². The fourth-order valence-electron chi connectivity index (χ4n) is 2.65. The number of hydrogen-bond acceptors (Lipinski definition) is 3. The van der Waals surface area contributed by atoms with Crippen LogP contribution in [-0.4, -0.2) is 49.1 Å². The van der Waals surface area contributed by atoms with Crippen molar-refractivity contribution in [2.45, 2.75) is 19.3 Å². The predicted octanol–water partition coefficient (Wildman–Crippen LogP) is 4.06. The molecule has 1 aromatic carbocycles. The van der Waals surface area contributed by atoms with Crippen LogP contribution in [0.1, 0.15) is 19.3 Å². The molecule has 0 aromatic heterocycles. The van der Waals surface area contributed by atoms with Gasteiger partial charge in [0.2, 0.25) is 0 Å². The van der Waals surface area contributed by atoms with Crippen LogP contribution in [0, 0.1) is 17.8 Å². The molecule has 134 valence electrons. The van der Waals surface area contributed by atoms with Gasteiger partial charge in [-0.2, -0.15) is 0 Å². The molecular weight excluding hydrogens is 336 g/mol. The highest BCUT2D eigenvalue weighted by atomic mass is 35.5. The summed E-state index contributed by atoms with van der Waals surface area (Å²) in [5.74, 6) is 7.48. The maximum absolute atomic E-state index is 12.2. The number of likely N-dealkylation sites (tertiary alicyclic amines) is 1. The molecule has 25 heavy (non-hydrogen) atoms. The standard InChI is InChI=1S/C20H25ClN2O2/c1-3-13-22(2)14-5-4-6-17-11-15-23(16-12-17)20(24)25-19-9-7-18(21)8-10-19/h3,7-10,17H,1,5,11-16H2,2H3. The second-order valence-corrected chi connectivity index (χ2v) is 6.64. The minimum Gasteiger partial charge on any atom is -0.410 e. The predicted molar refractivity (Wildman–Crippen MR) is 102 cm³/mol. The number of carbonyl (C=O) groups excluding carboxylic acids is 1. The van der Waals surface area contributed by atoms with Gasteiger partial charge in [0.1, 0.15) is 5.75 Å². The number of benzene rings is 1. The number of amides is 1. The topological polar surface area (TPSA) is 32.8 Å². The van der Waals surface area contributed by atoms with Crippen molar-refractivity contribution in [3.63, 3.8) is 0 Å². The molecule has 1 heterocycles. The molecule has 0 radical (unpaired) electrons. The summed E-state index contributed by atoms with van der Waals surface area (Å²) in [5.41, 5.74) is 0. The van der Waals surface area contributed by atoms with E-state index in [0.717, 1.165) is 32.4 Å². The first-order valence-corrected chi connectivity index (χ1v) is 8.96. The van der Waals surface area contributed by atoms with Crippen LogP contribution in [0.4, 0.5) is 4.79 Å². The molecule has 1 fully saturated rings. The number of halogens is 1. The summed E-state index contributed by atoms with van der Waals surface area (Å²) in [7, 11) is 2.06. The number of likely N-dealkylation sites (N-methyl/N-ethyl adjacent to an activating group) is 1. The summed E-state index contributed by atoms with van der Waals surface area (Å²) in [4.78, 5) is 16.1. The van der Waals surface area contributed by atoms with Crippen LogP contribution in [0.15, 0.2) is 36.9 Å². The number of carbonyl (C=O) groups is 1. The van der Waals surface area contributed by atoms with Gasteiger partial charge in [-0.05, 0) is 44.2 Å². The minimum absolute atomic E-state index is 0.306. The van der Waals surface area contributed by atoms with Crippen LogP contribution < -0.4 is 4.74 Å². The van der Waals surface area contributed by atoms with E-state index < -0.39 is 0 Å². The average molecular weight is 361 g/mol. The van der Waals surface area contributed by atoms with Crippen molar-refractivity contribution in [1.29, 1.82) is 0 Å². The van der Waals surface area contributed by atoms with Crippen molar-refractivity contribution in [2.24, 2.45) is 5.92 Å². The third-order valence-electron chi connectivity index (χ3n) is 4.14. The highest BCUT2D eigenvalue weighted by Crippen LogP contribution is 2.20. The molecule has 5 heteroatoms. The molecule has 4 nitrogen and oxygen atoms in total. The van der Waals surface area contributed by atoms with E-state index in [1.54, 1.807) is 29.2 Å². The molecule has 2 rings (SSSR count). The third kappa shape index (κ3) is 6.81. The summed E-state index contributed by atoms with van der Waals surface area (Å²) >= 11 is 5.83. The van der Waals surface area contributed by atoms with Crippen molar-refractivity contribution in [1.82, 2.24) is 9.80 Å². The van der Waals surface area contributed by atoms with Gasteiger partial charge in [0.05, 0.1) is 0 Å². The lowest BCUT2D eigenvalue weighted by molar-refractivity contribution is 0.137. The van der Waals surface area contributed by atoms with Gasteiger partial charge in [-0.1, -0.05) is 23.6 Å². The molecule has 0 saturated carbocycles. The first kappa shape index (κ1) is 19.4. The second-order valence-electron chi connectivity index (χ2n) is 6.21. The van der Waals surface area contributed by atoms with Gasteiger partial charge < -0.3 is 14.5 Å². The first-order valence-electron chi connectivity index (χ1n) is 8.58. The van der Waals surface area contributed by atoms with Crippen molar-refractivity contribution in [3.05, 3.63) is 41.9 Å². The maximum Gasteiger partial charge on any atom is 0.415 e. The van der Waals surface area contributed by atoms with E-state index in [1.165, 1.54) is 0 Å². The van der Waals surface area contributed by atoms with Crippen molar-refractivity contribution in [2.75, 3.05) is 33.2 Å². The van der Waals surface area contributed by atoms with Crippen LogP contribution in [0.25, 0.3) is 0 Å². The van der Waals surface area contributed by atoms with E-state index >= 15 is 0 Å². The highest BCUT2D eigenvalue weighted by molar-refractivity contribution is 6.30. The highest BCUT2D eigenvalue weighted by Gasteiger charge is 2.23. The normalized spacial score (nSPS) is 14.8. The molecule has 1 saturated heterocycles. The number of ether oxygens (including phenoxy) is 1. The molecular formula is C20H25ClN2O2. The van der Waals surface area contributed by atoms with Gasteiger partial charge in [-0.15, -0.1) is 12.5 Å². The number of rotatable bonds is 5. The van der Waals surface area contributed by atoms with Crippen LogP contribution in [0.2, 0.25) is 5.02 Å². The summed E-state index contributed by atoms with van der Waals surface area (Å²) < 4.78 is 5.37. The molecule has 0 atom stereocenters. The van der Waals surface area contributed by atoms with E-state index in [0.29, 0.717) is 29.8 Å². The fourth-order valence-corrected chi connectivity index (χ4v) is 2.78. The lowest BCUT2D eigenvalue weighted by Crippen LogP contribution is -2.39. The van der Waals surface area contributed by atoms with E-state index in [9.17, 15) is 4.79 Å². The quantitative estimate of drug-likeness (QED) is 0.586. The van der Waals surface area contributed by atoms with Crippen LogP contribution in [-0.2, 0) is 0 Å². The zero-order chi connectivity index (χ0) is 18.1. The Labute approximate surface area is 155 Å². The zero-order valence-corrected chi connectivity index (χ0v) is 15.5. The summed E-state index contributed by atoms with van der Waals surface area (Å²) in [6, 6.07) is 6.81. The van der Waals surface area contributed by atoms with Crippen molar-refractivity contribution in [3.8, 4) is 17.6 Å². The Balaban J connectivity index is 1.71. The molecule has 0 aliphatic carbocycles. The zero-order valence-electron chi connectivity index (χ0n) is 14.7. The Morgan fingerprint density at radius 3 is 2.72 bits per heavy atom. The van der Waals surface area contributed by atoms with Crippen LogP contribution >= 0.6 is 11.6 Å². The summed E-state index contributed by atoms with van der Waals surface area (Å²) in [6.07, 6.45) is 4.24. The summed E-state index contributed by atoms with van der Waals surface area (Å²) in [5, 5.41) is 0.620. The Kier molecular flexibility index (Phi) is 7.84. The van der Waals surface area contributed by atoms with Gasteiger partial charge in [-0.25, -0.2) is 4.79 Å². The molecule has 0 N–H and O–H groups in total. The number of nitrogens with zero attached hydrogens (tertiary/aromatic N) is 2. The summed E-state index contributed by atoms with van der Waals surface area (Å²) in [6.45, 7) is 6.93.